The summed E-state index contributed by atoms with van der Waals surface area (Å²) in [6, 6.07) is 11.8. The first-order valence-corrected chi connectivity index (χ1v) is 9.27. The number of nitrogens with zero attached hydrogens (tertiary/aromatic N) is 3. The van der Waals surface area contributed by atoms with Crippen LogP contribution >= 0.6 is 15.9 Å². The molecule has 1 amide bonds. The van der Waals surface area contributed by atoms with Crippen LogP contribution in [0.2, 0.25) is 0 Å². The van der Waals surface area contributed by atoms with Crippen LogP contribution in [-0.4, -0.2) is 21.1 Å². The van der Waals surface area contributed by atoms with Gasteiger partial charge in [-0.15, -0.1) is 5.10 Å². The van der Waals surface area contributed by atoms with Crippen molar-refractivity contribution in [3.63, 3.8) is 0 Å². The Balaban J connectivity index is 1.75. The predicted molar refractivity (Wildman–Crippen MR) is 104 cm³/mol. The van der Waals surface area contributed by atoms with E-state index in [2.05, 4.69) is 31.6 Å². The minimum atomic E-state index is -4.47. The molecule has 0 aliphatic rings. The zero-order chi connectivity index (χ0) is 21.2. The summed E-state index contributed by atoms with van der Waals surface area (Å²) >= 11 is 3.34. The number of alkyl halides is 3. The molecule has 10 heteroatoms. The summed E-state index contributed by atoms with van der Waals surface area (Å²) in [7, 11) is 0. The van der Waals surface area contributed by atoms with Crippen molar-refractivity contribution in [2.24, 2.45) is 0 Å². The van der Waals surface area contributed by atoms with Crippen molar-refractivity contribution in [2.75, 3.05) is 5.32 Å². The summed E-state index contributed by atoms with van der Waals surface area (Å²) in [6.45, 7) is 3.15. The lowest BCUT2D eigenvalue weighted by Gasteiger charge is -2.16. The van der Waals surface area contributed by atoms with Crippen LogP contribution in [0.1, 0.15) is 29.8 Å². The fraction of sp³-hybridized carbons (Fsp3) is 0.211. The number of anilines is 1. The number of carbonyl (C=O) groups is 1. The van der Waals surface area contributed by atoms with E-state index in [0.717, 1.165) is 16.6 Å². The summed E-state index contributed by atoms with van der Waals surface area (Å²) in [6.07, 6.45) is -6.20. The van der Waals surface area contributed by atoms with Gasteiger partial charge in [-0.25, -0.2) is 4.79 Å². The van der Waals surface area contributed by atoms with Gasteiger partial charge in [-0.2, -0.15) is 17.9 Å². The molecule has 0 aliphatic carbocycles. The molecule has 0 bridgehead atoms. The average Bonchev–Trinajstić information content (AvgIpc) is 3.02. The maximum absolute atomic E-state index is 12.9. The lowest BCUT2D eigenvalue weighted by Crippen LogP contribution is -2.19. The molecule has 1 atom stereocenters. The highest BCUT2D eigenvalue weighted by atomic mass is 79.9. The molecule has 3 rings (SSSR count). The van der Waals surface area contributed by atoms with Gasteiger partial charge in [0.15, 0.2) is 5.82 Å². The second-order valence-electron chi connectivity index (χ2n) is 6.21. The average molecular weight is 469 g/mol. The number of rotatable bonds is 4. The minimum absolute atomic E-state index is 0.228. The van der Waals surface area contributed by atoms with E-state index in [0.29, 0.717) is 17.2 Å². The maximum Gasteiger partial charge on any atom is 0.416 e. The van der Waals surface area contributed by atoms with Crippen molar-refractivity contribution in [3.05, 3.63) is 69.8 Å². The minimum Gasteiger partial charge on any atom is -0.441 e. The standard InChI is InChI=1S/C19H16BrF3N4O2/c1-11-17(27(26-25-11)16-8-6-15(20)7-9-16)24-18(28)29-12(2)13-4-3-5-14(10-13)19(21,22)23/h3-10,12H,1-2H3,(H,24,28)/t12-/m1/s1. The van der Waals surface area contributed by atoms with Crippen molar-refractivity contribution in [1.29, 1.82) is 0 Å². The normalized spacial score (nSPS) is 12.5. The van der Waals surface area contributed by atoms with Gasteiger partial charge in [0, 0.05) is 4.47 Å². The maximum atomic E-state index is 12.9. The fourth-order valence-electron chi connectivity index (χ4n) is 2.59. The van der Waals surface area contributed by atoms with E-state index in [4.69, 9.17) is 4.74 Å². The molecule has 0 radical (unpaired) electrons. The third-order valence-electron chi connectivity index (χ3n) is 4.10. The highest BCUT2D eigenvalue weighted by molar-refractivity contribution is 9.10. The number of hydrogen-bond donors (Lipinski definition) is 1. The second kappa shape index (κ2) is 8.24. The van der Waals surface area contributed by atoms with Crippen LogP contribution in [0.4, 0.5) is 23.8 Å². The Morgan fingerprint density at radius 3 is 2.55 bits per heavy atom. The van der Waals surface area contributed by atoms with E-state index in [1.54, 1.807) is 19.1 Å². The Kier molecular flexibility index (Phi) is 5.92. The number of benzene rings is 2. The summed E-state index contributed by atoms with van der Waals surface area (Å²) in [5.74, 6) is 0.300. The van der Waals surface area contributed by atoms with Gasteiger partial charge in [-0.1, -0.05) is 33.3 Å². The molecule has 0 saturated carbocycles. The van der Waals surface area contributed by atoms with Gasteiger partial charge in [-0.05, 0) is 55.8 Å². The van der Waals surface area contributed by atoms with E-state index < -0.39 is 23.9 Å². The molecular weight excluding hydrogens is 453 g/mol. The number of hydrogen-bond acceptors (Lipinski definition) is 4. The number of halogens is 4. The largest absolute Gasteiger partial charge is 0.441 e. The van der Waals surface area contributed by atoms with Crippen LogP contribution < -0.4 is 5.32 Å². The highest BCUT2D eigenvalue weighted by Crippen LogP contribution is 2.31. The number of aryl methyl sites for hydroxylation is 1. The molecule has 1 N–H and O–H groups in total. The molecule has 152 valence electrons. The van der Waals surface area contributed by atoms with Crippen LogP contribution in [0.25, 0.3) is 5.69 Å². The van der Waals surface area contributed by atoms with Gasteiger partial charge in [0.1, 0.15) is 11.8 Å². The van der Waals surface area contributed by atoms with E-state index >= 15 is 0 Å². The lowest BCUT2D eigenvalue weighted by atomic mass is 10.1. The monoisotopic (exact) mass is 468 g/mol. The van der Waals surface area contributed by atoms with Crippen molar-refractivity contribution >= 4 is 27.8 Å². The van der Waals surface area contributed by atoms with Gasteiger partial charge in [0.05, 0.1) is 11.3 Å². The Hall–Kier alpha value is -2.88. The van der Waals surface area contributed by atoms with Crippen LogP contribution in [0, 0.1) is 6.92 Å². The number of ether oxygens (including phenoxy) is 1. The Labute approximate surface area is 172 Å². The zero-order valence-electron chi connectivity index (χ0n) is 15.4. The Morgan fingerprint density at radius 2 is 1.90 bits per heavy atom. The van der Waals surface area contributed by atoms with Crippen molar-refractivity contribution in [2.45, 2.75) is 26.1 Å². The first kappa shape index (κ1) is 20.8. The van der Waals surface area contributed by atoms with Crippen molar-refractivity contribution in [3.8, 4) is 5.69 Å². The van der Waals surface area contributed by atoms with Gasteiger partial charge >= 0.3 is 12.3 Å². The summed E-state index contributed by atoms with van der Waals surface area (Å²) < 4.78 is 46.2. The molecule has 6 nitrogen and oxygen atoms in total. The number of nitrogens with one attached hydrogen (secondary N) is 1. The Morgan fingerprint density at radius 1 is 1.21 bits per heavy atom. The SMILES string of the molecule is Cc1nnn(-c2ccc(Br)cc2)c1NC(=O)O[C@H](C)c1cccc(C(F)(F)F)c1. The van der Waals surface area contributed by atoms with Crippen molar-refractivity contribution < 1.29 is 22.7 Å². The van der Waals surface area contributed by atoms with E-state index in [-0.39, 0.29) is 5.56 Å². The third kappa shape index (κ3) is 4.94. The smallest absolute Gasteiger partial charge is 0.416 e. The lowest BCUT2D eigenvalue weighted by molar-refractivity contribution is -0.137. The molecule has 0 fully saturated rings. The number of carbonyl (C=O) groups excluding carboxylic acids is 1. The van der Waals surface area contributed by atoms with E-state index in [1.807, 2.05) is 12.1 Å². The van der Waals surface area contributed by atoms with Gasteiger partial charge < -0.3 is 4.74 Å². The molecule has 1 aromatic heterocycles. The van der Waals surface area contributed by atoms with Crippen LogP contribution in [-0.2, 0) is 10.9 Å². The molecule has 3 aromatic rings. The molecule has 29 heavy (non-hydrogen) atoms. The van der Waals surface area contributed by atoms with Gasteiger partial charge in [0.2, 0.25) is 0 Å². The predicted octanol–water partition coefficient (Wildman–Crippen LogP) is 5.67. The molecule has 1 heterocycles. The summed E-state index contributed by atoms with van der Waals surface area (Å²) in [4.78, 5) is 12.3. The number of aromatic nitrogens is 3. The molecule has 0 unspecified atom stereocenters. The van der Waals surface area contributed by atoms with Crippen molar-refractivity contribution in [1.82, 2.24) is 15.0 Å². The summed E-state index contributed by atoms with van der Waals surface area (Å²) in [5.41, 5.74) is 0.539. The summed E-state index contributed by atoms with van der Waals surface area (Å²) in [5, 5.41) is 10.5. The van der Waals surface area contributed by atoms with Crippen LogP contribution in [0.15, 0.2) is 53.0 Å². The topological polar surface area (TPSA) is 69.0 Å². The van der Waals surface area contributed by atoms with E-state index in [1.165, 1.54) is 23.7 Å². The third-order valence-corrected chi connectivity index (χ3v) is 4.63. The molecule has 0 saturated heterocycles. The molecule has 0 spiro atoms. The first-order chi connectivity index (χ1) is 13.6. The quantitative estimate of drug-likeness (QED) is 0.535. The van der Waals surface area contributed by atoms with Gasteiger partial charge in [-0.3, -0.25) is 5.32 Å². The fourth-order valence-corrected chi connectivity index (χ4v) is 2.85. The first-order valence-electron chi connectivity index (χ1n) is 8.48. The van der Waals surface area contributed by atoms with Crippen LogP contribution in [0.5, 0.6) is 0 Å². The number of amides is 1. The highest BCUT2D eigenvalue weighted by Gasteiger charge is 2.31. The Bertz CT molecular complexity index is 1020. The molecular formula is C19H16BrF3N4O2. The van der Waals surface area contributed by atoms with Crippen LogP contribution in [0.3, 0.4) is 0 Å². The van der Waals surface area contributed by atoms with E-state index in [9.17, 15) is 18.0 Å². The van der Waals surface area contributed by atoms with Gasteiger partial charge in [0.25, 0.3) is 0 Å². The zero-order valence-corrected chi connectivity index (χ0v) is 17.0. The molecule has 0 aliphatic heterocycles. The molecule has 2 aromatic carbocycles. The second-order valence-corrected chi connectivity index (χ2v) is 7.12.